The van der Waals surface area contributed by atoms with Gasteiger partial charge in [0.25, 0.3) is 0 Å². The number of carbonyl (C=O) groups is 2. The number of hydrogen-bond donors (Lipinski definition) is 1. The van der Waals surface area contributed by atoms with Crippen LogP contribution in [0.15, 0.2) is 66.7 Å². The summed E-state index contributed by atoms with van der Waals surface area (Å²) in [7, 11) is 0. The number of hydrogen-bond acceptors (Lipinski definition) is 4. The molecule has 0 unspecified atom stereocenters. The van der Waals surface area contributed by atoms with Gasteiger partial charge >= 0.3 is 12.1 Å². The van der Waals surface area contributed by atoms with Crippen LogP contribution in [-0.4, -0.2) is 36.9 Å². The third kappa shape index (κ3) is 3.45. The van der Waals surface area contributed by atoms with Crippen molar-refractivity contribution in [2.24, 2.45) is 0 Å². The molecule has 31 heavy (non-hydrogen) atoms. The van der Waals surface area contributed by atoms with Crippen molar-refractivity contribution in [1.82, 2.24) is 0 Å². The number of anilines is 1. The van der Waals surface area contributed by atoms with Crippen molar-refractivity contribution in [3.05, 3.63) is 89.0 Å². The number of nitrogens with zero attached hydrogens (tertiary/aromatic N) is 1. The van der Waals surface area contributed by atoms with E-state index in [9.17, 15) is 14.7 Å². The second-order valence-electron chi connectivity index (χ2n) is 7.66. The average molecular weight is 415 g/mol. The summed E-state index contributed by atoms with van der Waals surface area (Å²) in [4.78, 5) is 26.0. The highest BCUT2D eigenvalue weighted by atomic mass is 16.6. The first-order chi connectivity index (χ1) is 15.1. The van der Waals surface area contributed by atoms with Crippen LogP contribution < -0.4 is 4.90 Å². The second kappa shape index (κ2) is 7.89. The van der Waals surface area contributed by atoms with Crippen molar-refractivity contribution >= 4 is 17.7 Å². The number of fused-ring (bicyclic) bond motifs is 4. The fourth-order valence-corrected chi connectivity index (χ4v) is 4.39. The van der Waals surface area contributed by atoms with Gasteiger partial charge in [-0.2, -0.15) is 0 Å². The van der Waals surface area contributed by atoms with E-state index in [-0.39, 0.29) is 18.1 Å². The Hall–Kier alpha value is -3.64. The Morgan fingerprint density at radius 2 is 1.68 bits per heavy atom. The molecule has 3 aromatic rings. The fraction of sp³-hybridized carbons (Fsp3) is 0.200. The predicted octanol–water partition coefficient (Wildman–Crippen LogP) is 4.67. The van der Waals surface area contributed by atoms with Crippen molar-refractivity contribution in [3.8, 4) is 11.1 Å². The molecule has 1 amide bonds. The SMILES string of the molecule is O=C(O)c1ccc2c(c1)N(C(=O)OCC1c3ccccc3-c3ccccc31)CCOC2. The molecule has 0 spiro atoms. The highest BCUT2D eigenvalue weighted by molar-refractivity contribution is 5.93. The lowest BCUT2D eigenvalue weighted by molar-refractivity contribution is 0.0696. The number of rotatable bonds is 3. The number of amides is 1. The van der Waals surface area contributed by atoms with Crippen LogP contribution in [0.2, 0.25) is 0 Å². The van der Waals surface area contributed by atoms with Gasteiger partial charge in [0.15, 0.2) is 0 Å². The molecular weight excluding hydrogens is 394 g/mol. The Labute approximate surface area is 179 Å². The van der Waals surface area contributed by atoms with Gasteiger partial charge in [0.05, 0.1) is 31.0 Å². The van der Waals surface area contributed by atoms with E-state index in [0.717, 1.165) is 16.7 Å². The monoisotopic (exact) mass is 415 g/mol. The van der Waals surface area contributed by atoms with Crippen LogP contribution in [0.3, 0.4) is 0 Å². The molecule has 5 rings (SSSR count). The molecule has 2 aliphatic rings. The lowest BCUT2D eigenvalue weighted by atomic mass is 9.98. The lowest BCUT2D eigenvalue weighted by Crippen LogP contribution is -2.34. The van der Waals surface area contributed by atoms with Crippen LogP contribution in [0.5, 0.6) is 0 Å². The minimum absolute atomic E-state index is 0.0376. The summed E-state index contributed by atoms with van der Waals surface area (Å²) >= 11 is 0. The number of carbonyl (C=O) groups excluding carboxylic acids is 1. The number of ether oxygens (including phenoxy) is 2. The minimum Gasteiger partial charge on any atom is -0.478 e. The first-order valence-corrected chi connectivity index (χ1v) is 10.2. The zero-order valence-electron chi connectivity index (χ0n) is 16.8. The van der Waals surface area contributed by atoms with Gasteiger partial charge in [0, 0.05) is 11.5 Å². The molecule has 1 aliphatic heterocycles. The first-order valence-electron chi connectivity index (χ1n) is 10.2. The maximum Gasteiger partial charge on any atom is 0.414 e. The summed E-state index contributed by atoms with van der Waals surface area (Å²) in [6.07, 6.45) is -0.504. The van der Waals surface area contributed by atoms with Crippen LogP contribution in [-0.2, 0) is 16.1 Å². The van der Waals surface area contributed by atoms with Crippen LogP contribution in [0.25, 0.3) is 11.1 Å². The van der Waals surface area contributed by atoms with Crippen LogP contribution in [0.4, 0.5) is 10.5 Å². The normalized spacial score (nSPS) is 14.9. The number of aromatic carboxylic acids is 1. The van der Waals surface area contributed by atoms with Gasteiger partial charge in [-0.3, -0.25) is 4.90 Å². The molecule has 3 aromatic carbocycles. The maximum atomic E-state index is 13.1. The van der Waals surface area contributed by atoms with Crippen molar-refractivity contribution < 1.29 is 24.2 Å². The summed E-state index contributed by atoms with van der Waals surface area (Å²) in [5.74, 6) is -1.08. The molecule has 0 aromatic heterocycles. The summed E-state index contributed by atoms with van der Waals surface area (Å²) < 4.78 is 11.4. The van der Waals surface area contributed by atoms with Crippen LogP contribution in [0, 0.1) is 0 Å². The summed E-state index contributed by atoms with van der Waals surface area (Å²) in [5, 5.41) is 9.35. The molecule has 0 saturated carbocycles. The van der Waals surface area contributed by atoms with Gasteiger partial charge in [-0.1, -0.05) is 54.6 Å². The highest BCUT2D eigenvalue weighted by Crippen LogP contribution is 2.44. The molecule has 0 bridgehead atoms. The third-order valence-electron chi connectivity index (χ3n) is 5.90. The van der Waals surface area contributed by atoms with Gasteiger partial charge in [-0.15, -0.1) is 0 Å². The van der Waals surface area contributed by atoms with E-state index >= 15 is 0 Å². The number of carboxylic acid groups (broad SMARTS) is 1. The van der Waals surface area contributed by atoms with Crippen LogP contribution in [0.1, 0.15) is 33.0 Å². The van der Waals surface area contributed by atoms with Gasteiger partial charge < -0.3 is 14.6 Å². The molecular formula is C25H21NO5. The summed E-state index contributed by atoms with van der Waals surface area (Å²) in [6, 6.07) is 21.1. The van der Waals surface area contributed by atoms with E-state index in [1.807, 2.05) is 24.3 Å². The minimum atomic E-state index is -1.04. The number of carboxylic acids is 1. The van der Waals surface area contributed by atoms with Crippen molar-refractivity contribution in [2.45, 2.75) is 12.5 Å². The Morgan fingerprint density at radius 1 is 1.00 bits per heavy atom. The lowest BCUT2D eigenvalue weighted by Gasteiger charge is -2.23. The molecule has 6 nitrogen and oxygen atoms in total. The quantitative estimate of drug-likeness (QED) is 0.673. The Morgan fingerprint density at radius 3 is 2.35 bits per heavy atom. The zero-order valence-corrected chi connectivity index (χ0v) is 16.8. The second-order valence-corrected chi connectivity index (χ2v) is 7.66. The number of benzene rings is 3. The molecule has 1 heterocycles. The standard InChI is InChI=1S/C25H21NO5/c27-24(28)16-9-10-17-14-30-12-11-26(23(17)13-16)25(29)31-15-22-20-7-3-1-5-18(20)19-6-2-4-8-21(19)22/h1-10,13,22H,11-12,14-15H2,(H,27,28). The van der Waals surface area contributed by atoms with E-state index in [1.165, 1.54) is 28.2 Å². The Balaban J connectivity index is 1.41. The van der Waals surface area contributed by atoms with E-state index in [0.29, 0.717) is 25.4 Å². The maximum absolute atomic E-state index is 13.1. The van der Waals surface area contributed by atoms with Crippen molar-refractivity contribution in [3.63, 3.8) is 0 Å². The zero-order chi connectivity index (χ0) is 21.4. The van der Waals surface area contributed by atoms with Gasteiger partial charge in [0.1, 0.15) is 6.61 Å². The molecule has 0 radical (unpaired) electrons. The molecule has 0 saturated heterocycles. The van der Waals surface area contributed by atoms with Gasteiger partial charge in [-0.25, -0.2) is 9.59 Å². The molecule has 0 fully saturated rings. The summed E-state index contributed by atoms with van der Waals surface area (Å²) in [5.41, 5.74) is 6.02. The predicted molar refractivity (Wildman–Crippen MR) is 115 cm³/mol. The van der Waals surface area contributed by atoms with E-state index < -0.39 is 12.1 Å². The molecule has 6 heteroatoms. The highest BCUT2D eigenvalue weighted by Gasteiger charge is 2.30. The van der Waals surface area contributed by atoms with E-state index in [1.54, 1.807) is 6.07 Å². The van der Waals surface area contributed by atoms with Crippen molar-refractivity contribution in [2.75, 3.05) is 24.7 Å². The molecule has 0 atom stereocenters. The van der Waals surface area contributed by atoms with Crippen molar-refractivity contribution in [1.29, 1.82) is 0 Å². The van der Waals surface area contributed by atoms with Gasteiger partial charge in [-0.05, 0) is 34.4 Å². The molecule has 1 aliphatic carbocycles. The first kappa shape index (κ1) is 19.3. The van der Waals surface area contributed by atoms with E-state index in [4.69, 9.17) is 9.47 Å². The van der Waals surface area contributed by atoms with Gasteiger partial charge in [0.2, 0.25) is 0 Å². The van der Waals surface area contributed by atoms with E-state index in [2.05, 4.69) is 24.3 Å². The molecule has 1 N–H and O–H groups in total. The molecule has 156 valence electrons. The Kier molecular flexibility index (Phi) is 4.92. The Bertz CT molecular complexity index is 1130. The third-order valence-corrected chi connectivity index (χ3v) is 5.90. The largest absolute Gasteiger partial charge is 0.478 e. The topological polar surface area (TPSA) is 76.1 Å². The fourth-order valence-electron chi connectivity index (χ4n) is 4.39. The van der Waals surface area contributed by atoms with Crippen LogP contribution >= 0.6 is 0 Å². The smallest absolute Gasteiger partial charge is 0.414 e. The average Bonchev–Trinajstić information content (AvgIpc) is 2.95. The summed E-state index contributed by atoms with van der Waals surface area (Å²) in [6.45, 7) is 1.18.